The van der Waals surface area contributed by atoms with Crippen LogP contribution in [0.15, 0.2) is 12.1 Å². The van der Waals surface area contributed by atoms with Crippen molar-refractivity contribution >= 4 is 11.9 Å². The average molecular weight is 300 g/mol. The summed E-state index contributed by atoms with van der Waals surface area (Å²) in [6.07, 6.45) is 0. The first kappa shape index (κ1) is 16.1. The van der Waals surface area contributed by atoms with Crippen LogP contribution in [0.4, 0.5) is 11.9 Å². The lowest BCUT2D eigenvalue weighted by atomic mass is 9.90. The third-order valence-electron chi connectivity index (χ3n) is 3.29. The van der Waals surface area contributed by atoms with Crippen molar-refractivity contribution in [3.05, 3.63) is 23.5 Å². The van der Waals surface area contributed by atoms with Gasteiger partial charge in [0.15, 0.2) is 0 Å². The van der Waals surface area contributed by atoms with Gasteiger partial charge in [-0.2, -0.15) is 0 Å². The molecule has 0 aliphatic carbocycles. The van der Waals surface area contributed by atoms with Crippen LogP contribution in [0.1, 0.15) is 52.9 Å². The number of nitrogens with zero attached hydrogens (tertiary/aromatic N) is 4. The van der Waals surface area contributed by atoms with Gasteiger partial charge < -0.3 is 11.5 Å². The topological polar surface area (TPSA) is 104 Å². The molecule has 6 heteroatoms. The molecule has 0 aliphatic rings. The molecule has 0 fully saturated rings. The minimum atomic E-state index is -0.128. The highest BCUT2D eigenvalue weighted by molar-refractivity contribution is 5.58. The molecule has 0 saturated carbocycles. The standard InChI is InChI=1S/C16H24N6/c1-15(2,3)11-7-9(19-13(17)21-11)10-8-12(16(4,5)6)22-14(18)20-10/h7-8H,1-6H3,(H2,17,19,21)(H2,18,20,22). The van der Waals surface area contributed by atoms with Gasteiger partial charge in [-0.15, -0.1) is 0 Å². The van der Waals surface area contributed by atoms with E-state index in [1.165, 1.54) is 0 Å². The van der Waals surface area contributed by atoms with Crippen molar-refractivity contribution in [2.45, 2.75) is 52.4 Å². The zero-order valence-corrected chi connectivity index (χ0v) is 14.1. The molecule has 0 radical (unpaired) electrons. The molecule has 4 N–H and O–H groups in total. The predicted molar refractivity (Wildman–Crippen MR) is 89.3 cm³/mol. The third kappa shape index (κ3) is 3.50. The molecule has 0 amide bonds. The monoisotopic (exact) mass is 300 g/mol. The molecular weight excluding hydrogens is 276 g/mol. The van der Waals surface area contributed by atoms with Crippen LogP contribution in [0, 0.1) is 0 Å². The molecule has 6 nitrogen and oxygen atoms in total. The van der Waals surface area contributed by atoms with Crippen molar-refractivity contribution in [1.29, 1.82) is 0 Å². The van der Waals surface area contributed by atoms with E-state index in [1.807, 2.05) is 12.1 Å². The van der Waals surface area contributed by atoms with Crippen molar-refractivity contribution in [2.75, 3.05) is 11.5 Å². The molecule has 0 aliphatic heterocycles. The Labute approximate surface area is 131 Å². The fourth-order valence-electron chi connectivity index (χ4n) is 1.96. The Morgan fingerprint density at radius 1 is 0.636 bits per heavy atom. The summed E-state index contributed by atoms with van der Waals surface area (Å²) in [4.78, 5) is 17.2. The van der Waals surface area contributed by atoms with Crippen LogP contribution < -0.4 is 11.5 Å². The van der Waals surface area contributed by atoms with Gasteiger partial charge >= 0.3 is 0 Å². The van der Waals surface area contributed by atoms with Crippen LogP contribution in [0.3, 0.4) is 0 Å². The Hall–Kier alpha value is -2.24. The molecule has 2 heterocycles. The molecule has 2 aromatic rings. The minimum absolute atomic E-state index is 0.128. The van der Waals surface area contributed by atoms with E-state index >= 15 is 0 Å². The van der Waals surface area contributed by atoms with E-state index in [1.54, 1.807) is 0 Å². The molecule has 2 aromatic heterocycles. The lowest BCUT2D eigenvalue weighted by Gasteiger charge is -2.20. The molecular formula is C16H24N6. The van der Waals surface area contributed by atoms with Gasteiger partial charge in [-0.3, -0.25) is 0 Å². The van der Waals surface area contributed by atoms with Gasteiger partial charge in [0.05, 0.1) is 22.8 Å². The van der Waals surface area contributed by atoms with E-state index < -0.39 is 0 Å². The average Bonchev–Trinajstić information content (AvgIpc) is 2.35. The number of nitrogens with two attached hydrogens (primary N) is 2. The second kappa shape index (κ2) is 5.19. The zero-order chi connectivity index (χ0) is 16.7. The Balaban J connectivity index is 2.62. The summed E-state index contributed by atoms with van der Waals surface area (Å²) in [5.41, 5.74) is 14.5. The van der Waals surface area contributed by atoms with Gasteiger partial charge in [0.25, 0.3) is 0 Å². The fourth-order valence-corrected chi connectivity index (χ4v) is 1.96. The molecule has 118 valence electrons. The van der Waals surface area contributed by atoms with Crippen LogP contribution in [0.2, 0.25) is 0 Å². The quantitative estimate of drug-likeness (QED) is 0.839. The third-order valence-corrected chi connectivity index (χ3v) is 3.29. The predicted octanol–water partition coefficient (Wildman–Crippen LogP) is 2.69. The van der Waals surface area contributed by atoms with Crippen LogP contribution in [0.5, 0.6) is 0 Å². The van der Waals surface area contributed by atoms with Crippen LogP contribution in [-0.4, -0.2) is 19.9 Å². The van der Waals surface area contributed by atoms with Crippen molar-refractivity contribution in [1.82, 2.24) is 19.9 Å². The lowest BCUT2D eigenvalue weighted by Crippen LogP contribution is -2.17. The Morgan fingerprint density at radius 3 is 1.23 bits per heavy atom. The maximum absolute atomic E-state index is 5.86. The molecule has 0 aromatic carbocycles. The minimum Gasteiger partial charge on any atom is -0.368 e. The first-order valence-corrected chi connectivity index (χ1v) is 7.27. The lowest BCUT2D eigenvalue weighted by molar-refractivity contribution is 0.566. The second-order valence-electron chi connectivity index (χ2n) is 7.49. The summed E-state index contributed by atoms with van der Waals surface area (Å²) in [6, 6.07) is 3.81. The Kier molecular flexibility index (Phi) is 3.81. The smallest absolute Gasteiger partial charge is 0.220 e. The molecule has 0 spiro atoms. The van der Waals surface area contributed by atoms with Gasteiger partial charge in [-0.05, 0) is 12.1 Å². The highest BCUT2D eigenvalue weighted by atomic mass is 15.0. The van der Waals surface area contributed by atoms with Crippen molar-refractivity contribution in [3.8, 4) is 11.4 Å². The number of anilines is 2. The van der Waals surface area contributed by atoms with Crippen molar-refractivity contribution < 1.29 is 0 Å². The van der Waals surface area contributed by atoms with Gasteiger partial charge in [0.1, 0.15) is 0 Å². The normalized spacial score (nSPS) is 12.5. The number of aromatic nitrogens is 4. The van der Waals surface area contributed by atoms with Crippen LogP contribution in [-0.2, 0) is 10.8 Å². The van der Waals surface area contributed by atoms with Gasteiger partial charge in [0, 0.05) is 10.8 Å². The molecule has 0 unspecified atom stereocenters. The first-order valence-electron chi connectivity index (χ1n) is 7.27. The van der Waals surface area contributed by atoms with Gasteiger partial charge in [0.2, 0.25) is 11.9 Å². The molecule has 2 rings (SSSR count). The molecule has 22 heavy (non-hydrogen) atoms. The van der Waals surface area contributed by atoms with Crippen molar-refractivity contribution in [2.24, 2.45) is 0 Å². The number of hydrogen-bond acceptors (Lipinski definition) is 6. The van der Waals surface area contributed by atoms with Crippen LogP contribution >= 0.6 is 0 Å². The first-order chi connectivity index (χ1) is 9.96. The maximum Gasteiger partial charge on any atom is 0.220 e. The molecule has 0 saturated heterocycles. The largest absolute Gasteiger partial charge is 0.368 e. The number of nitrogen functional groups attached to an aromatic ring is 2. The highest BCUT2D eigenvalue weighted by Gasteiger charge is 2.21. The summed E-state index contributed by atoms with van der Waals surface area (Å²) in [5.74, 6) is 0.467. The number of rotatable bonds is 1. The van der Waals surface area contributed by atoms with E-state index in [2.05, 4.69) is 61.5 Å². The number of hydrogen-bond donors (Lipinski definition) is 2. The maximum atomic E-state index is 5.86. The van der Waals surface area contributed by atoms with E-state index in [0.29, 0.717) is 11.4 Å². The fraction of sp³-hybridized carbons (Fsp3) is 0.500. The van der Waals surface area contributed by atoms with Gasteiger partial charge in [-0.25, -0.2) is 19.9 Å². The summed E-state index contributed by atoms with van der Waals surface area (Å²) in [7, 11) is 0. The summed E-state index contributed by atoms with van der Waals surface area (Å²) in [5, 5.41) is 0. The molecule has 0 bridgehead atoms. The van der Waals surface area contributed by atoms with Crippen molar-refractivity contribution in [3.63, 3.8) is 0 Å². The summed E-state index contributed by atoms with van der Waals surface area (Å²) in [6.45, 7) is 12.5. The van der Waals surface area contributed by atoms with E-state index in [0.717, 1.165) is 11.4 Å². The van der Waals surface area contributed by atoms with E-state index in [-0.39, 0.29) is 22.7 Å². The van der Waals surface area contributed by atoms with Gasteiger partial charge in [-0.1, -0.05) is 41.5 Å². The Bertz CT molecular complexity index is 633. The highest BCUT2D eigenvalue weighted by Crippen LogP contribution is 2.28. The van der Waals surface area contributed by atoms with E-state index in [9.17, 15) is 0 Å². The molecule has 0 atom stereocenters. The summed E-state index contributed by atoms with van der Waals surface area (Å²) >= 11 is 0. The van der Waals surface area contributed by atoms with Crippen LogP contribution in [0.25, 0.3) is 11.4 Å². The summed E-state index contributed by atoms with van der Waals surface area (Å²) < 4.78 is 0. The Morgan fingerprint density at radius 2 is 0.955 bits per heavy atom. The SMILES string of the molecule is CC(C)(C)c1cc(-c2cc(C(C)(C)C)nc(N)n2)nc(N)n1. The zero-order valence-electron chi connectivity index (χ0n) is 14.1. The second-order valence-corrected chi connectivity index (χ2v) is 7.49. The van der Waals surface area contributed by atoms with E-state index in [4.69, 9.17) is 11.5 Å².